The highest BCUT2D eigenvalue weighted by Crippen LogP contribution is 2.36. The Balaban J connectivity index is 2.35. The first-order valence-corrected chi connectivity index (χ1v) is 7.61. The molecule has 0 aromatic carbocycles. The van der Waals surface area contributed by atoms with Gasteiger partial charge < -0.3 is 9.74 Å². The van der Waals surface area contributed by atoms with E-state index in [2.05, 4.69) is 39.2 Å². The molecule has 12 heavy (non-hydrogen) atoms. The van der Waals surface area contributed by atoms with Gasteiger partial charge >= 0.3 is 0 Å². The number of rotatable bonds is 3. The fourth-order valence-corrected chi connectivity index (χ4v) is 1.78. The zero-order valence-corrected chi connectivity index (χ0v) is 9.90. The van der Waals surface area contributed by atoms with Crippen molar-refractivity contribution in [2.75, 3.05) is 13.2 Å². The van der Waals surface area contributed by atoms with Crippen LogP contribution < -0.4 is 5.32 Å². The molecule has 1 aliphatic rings. The molecule has 0 amide bonds. The maximum Gasteiger partial charge on any atom is 0.192 e. The molecule has 0 aromatic heterocycles. The molecule has 1 N–H and O–H groups in total. The molecule has 0 aromatic rings. The van der Waals surface area contributed by atoms with Crippen molar-refractivity contribution in [3.63, 3.8) is 0 Å². The average Bonchev–Trinajstić information content (AvgIpc) is 2.62. The van der Waals surface area contributed by atoms with Crippen LogP contribution in [0.4, 0.5) is 0 Å². The quantitative estimate of drug-likeness (QED) is 0.541. The van der Waals surface area contributed by atoms with Gasteiger partial charge in [0, 0.05) is 12.6 Å². The molecule has 1 rings (SSSR count). The Morgan fingerprint density at radius 3 is 2.25 bits per heavy atom. The molecule has 0 spiro atoms. The number of nitrogens with one attached hydrogen (secondary N) is 1. The predicted octanol–water partition coefficient (Wildman–Crippen LogP) is 1.98. The number of hydrogen-bond acceptors (Lipinski definition) is 2. The Morgan fingerprint density at radius 2 is 1.92 bits per heavy atom. The number of hydrogen-bond donors (Lipinski definition) is 1. The van der Waals surface area contributed by atoms with Gasteiger partial charge in [0.2, 0.25) is 0 Å². The van der Waals surface area contributed by atoms with E-state index < -0.39 is 8.32 Å². The first-order valence-electron chi connectivity index (χ1n) is 4.70. The molecule has 0 aliphatic carbocycles. The van der Waals surface area contributed by atoms with Crippen molar-refractivity contribution in [3.8, 4) is 0 Å². The second-order valence-electron chi connectivity index (χ2n) is 5.18. The zero-order chi connectivity index (χ0) is 9.41. The summed E-state index contributed by atoms with van der Waals surface area (Å²) in [7, 11) is -1.47. The molecule has 2 nitrogen and oxygen atoms in total. The van der Waals surface area contributed by atoms with E-state index in [9.17, 15) is 0 Å². The van der Waals surface area contributed by atoms with Gasteiger partial charge in [-0.2, -0.15) is 0 Å². The fraction of sp³-hybridized carbons (Fsp3) is 1.00. The average molecular weight is 187 g/mol. The topological polar surface area (TPSA) is 31.2 Å². The van der Waals surface area contributed by atoms with Gasteiger partial charge in [-0.1, -0.05) is 20.8 Å². The van der Waals surface area contributed by atoms with Crippen LogP contribution in [-0.2, 0) is 4.43 Å². The van der Waals surface area contributed by atoms with Gasteiger partial charge in [0.1, 0.15) is 0 Å². The maximum absolute atomic E-state index is 5.99. The maximum atomic E-state index is 5.99. The van der Waals surface area contributed by atoms with Gasteiger partial charge in [0.15, 0.2) is 8.32 Å². The third kappa shape index (κ3) is 2.57. The van der Waals surface area contributed by atoms with Crippen LogP contribution in [-0.4, -0.2) is 27.5 Å². The molecule has 1 aliphatic heterocycles. The Morgan fingerprint density at radius 1 is 1.42 bits per heavy atom. The Labute approximate surface area is 76.8 Å². The van der Waals surface area contributed by atoms with E-state index in [0.717, 1.165) is 13.2 Å². The van der Waals surface area contributed by atoms with Crippen molar-refractivity contribution >= 4 is 8.32 Å². The molecule has 0 saturated carbocycles. The van der Waals surface area contributed by atoms with Crippen LogP contribution in [0.5, 0.6) is 0 Å². The summed E-state index contributed by atoms with van der Waals surface area (Å²) >= 11 is 0. The molecule has 1 saturated heterocycles. The van der Waals surface area contributed by atoms with E-state index >= 15 is 0 Å². The van der Waals surface area contributed by atoms with Crippen LogP contribution in [0.15, 0.2) is 0 Å². The molecule has 0 bridgehead atoms. The highest BCUT2D eigenvalue weighted by atomic mass is 28.4. The smallest absolute Gasteiger partial charge is 0.192 e. The molecule has 1 unspecified atom stereocenters. The van der Waals surface area contributed by atoms with Gasteiger partial charge in [-0.3, -0.25) is 0 Å². The summed E-state index contributed by atoms with van der Waals surface area (Å²) in [5.74, 6) is 0. The minimum absolute atomic E-state index is 0.349. The van der Waals surface area contributed by atoms with E-state index in [4.69, 9.17) is 4.43 Å². The van der Waals surface area contributed by atoms with Crippen LogP contribution in [0.2, 0.25) is 18.1 Å². The summed E-state index contributed by atoms with van der Waals surface area (Å²) in [6, 6.07) is 0.652. The normalized spacial score (nSPS) is 24.2. The Hall–Kier alpha value is 0.137. The van der Waals surface area contributed by atoms with Crippen molar-refractivity contribution in [2.45, 2.75) is 44.9 Å². The molecular weight excluding hydrogens is 166 g/mol. The lowest BCUT2D eigenvalue weighted by Gasteiger charge is -2.36. The highest BCUT2D eigenvalue weighted by molar-refractivity contribution is 6.74. The SMILES string of the molecule is CC(C)(C)[Si](C)(C)OCC1CN1. The summed E-state index contributed by atoms with van der Waals surface area (Å²) in [6.45, 7) is 13.5. The van der Waals surface area contributed by atoms with Crippen LogP contribution in [0.1, 0.15) is 20.8 Å². The predicted molar refractivity (Wildman–Crippen MR) is 54.9 cm³/mol. The minimum atomic E-state index is -1.47. The molecule has 3 heteroatoms. The Kier molecular flexibility index (Phi) is 2.66. The lowest BCUT2D eigenvalue weighted by atomic mass is 10.2. The van der Waals surface area contributed by atoms with Crippen molar-refractivity contribution in [2.24, 2.45) is 0 Å². The molecule has 1 atom stereocenters. The monoisotopic (exact) mass is 187 g/mol. The van der Waals surface area contributed by atoms with Crippen LogP contribution in [0.3, 0.4) is 0 Å². The van der Waals surface area contributed by atoms with Gasteiger partial charge in [0.05, 0.1) is 6.61 Å². The first kappa shape index (κ1) is 10.2. The largest absolute Gasteiger partial charge is 0.415 e. The molecule has 1 fully saturated rings. The lowest BCUT2D eigenvalue weighted by molar-refractivity contribution is 0.290. The molecule has 72 valence electrons. The van der Waals surface area contributed by atoms with Crippen LogP contribution in [0.25, 0.3) is 0 Å². The summed E-state index contributed by atoms with van der Waals surface area (Å²) in [6.07, 6.45) is 0. The van der Waals surface area contributed by atoms with E-state index in [-0.39, 0.29) is 0 Å². The molecular formula is C9H21NOSi. The van der Waals surface area contributed by atoms with Gasteiger partial charge in [-0.05, 0) is 18.1 Å². The van der Waals surface area contributed by atoms with Crippen molar-refractivity contribution in [1.29, 1.82) is 0 Å². The van der Waals surface area contributed by atoms with E-state index in [0.29, 0.717) is 11.1 Å². The van der Waals surface area contributed by atoms with Crippen LogP contribution >= 0.6 is 0 Å². The summed E-state index contributed by atoms with van der Waals surface area (Å²) in [4.78, 5) is 0. The van der Waals surface area contributed by atoms with E-state index in [1.165, 1.54) is 0 Å². The van der Waals surface area contributed by atoms with Crippen LogP contribution in [0, 0.1) is 0 Å². The summed E-state index contributed by atoms with van der Waals surface area (Å²) in [5, 5.41) is 3.60. The van der Waals surface area contributed by atoms with Gasteiger partial charge in [-0.25, -0.2) is 0 Å². The second-order valence-corrected chi connectivity index (χ2v) is 9.99. The molecule has 1 heterocycles. The molecule has 0 radical (unpaired) electrons. The first-order chi connectivity index (χ1) is 5.33. The fourth-order valence-electron chi connectivity index (χ4n) is 0.727. The second kappa shape index (κ2) is 3.12. The van der Waals surface area contributed by atoms with Crippen molar-refractivity contribution < 1.29 is 4.43 Å². The standard InChI is InChI=1S/C9H21NOSi/c1-9(2,3)12(4,5)11-7-8-6-10-8/h8,10H,6-7H2,1-5H3. The third-order valence-corrected chi connectivity index (χ3v) is 7.45. The highest BCUT2D eigenvalue weighted by Gasteiger charge is 2.38. The van der Waals surface area contributed by atoms with Gasteiger partial charge in [-0.15, -0.1) is 0 Å². The van der Waals surface area contributed by atoms with Crippen molar-refractivity contribution in [3.05, 3.63) is 0 Å². The summed E-state index contributed by atoms with van der Waals surface area (Å²) < 4.78 is 5.99. The van der Waals surface area contributed by atoms with Gasteiger partial charge in [0.25, 0.3) is 0 Å². The van der Waals surface area contributed by atoms with E-state index in [1.807, 2.05) is 0 Å². The lowest BCUT2D eigenvalue weighted by Crippen LogP contribution is -2.41. The van der Waals surface area contributed by atoms with E-state index in [1.54, 1.807) is 0 Å². The zero-order valence-electron chi connectivity index (χ0n) is 8.90. The van der Waals surface area contributed by atoms with Crippen molar-refractivity contribution in [1.82, 2.24) is 5.32 Å². The minimum Gasteiger partial charge on any atom is -0.415 e. The third-order valence-electron chi connectivity index (χ3n) is 2.94. The summed E-state index contributed by atoms with van der Waals surface area (Å²) in [5.41, 5.74) is 0. The Bertz CT molecular complexity index is 158.